The molecule has 0 fully saturated rings. The molecule has 17 heavy (non-hydrogen) atoms. The van der Waals surface area contributed by atoms with Crippen LogP contribution in [0.2, 0.25) is 0 Å². The Hall–Kier alpha value is -1.91. The fourth-order valence-corrected chi connectivity index (χ4v) is 1.44. The Morgan fingerprint density at radius 2 is 2.00 bits per heavy atom. The zero-order chi connectivity index (χ0) is 12.8. The van der Waals surface area contributed by atoms with Gasteiger partial charge in [-0.1, -0.05) is 12.1 Å². The van der Waals surface area contributed by atoms with Gasteiger partial charge in [0.2, 0.25) is 0 Å². The minimum absolute atomic E-state index is 0.0280. The van der Waals surface area contributed by atoms with Gasteiger partial charge in [-0.15, -0.1) is 0 Å². The molecule has 0 aliphatic rings. The van der Waals surface area contributed by atoms with Crippen molar-refractivity contribution in [3.63, 3.8) is 0 Å². The number of hydrogen-bond donors (Lipinski definition) is 1. The number of carboxylic acids is 1. The van der Waals surface area contributed by atoms with E-state index >= 15 is 0 Å². The number of carbonyl (C=O) groups is 2. The van der Waals surface area contributed by atoms with E-state index in [1.807, 2.05) is 0 Å². The number of aliphatic carboxylic acids is 1. The SMILES string of the molecule is CCN(CCC(=O)O)C(=O)c1ccccc1F. The number of halogens is 1. The molecular weight excluding hydrogens is 225 g/mol. The van der Waals surface area contributed by atoms with Gasteiger partial charge in [0, 0.05) is 13.1 Å². The van der Waals surface area contributed by atoms with Crippen LogP contribution in [0.4, 0.5) is 4.39 Å². The van der Waals surface area contributed by atoms with Gasteiger partial charge in [0.1, 0.15) is 5.82 Å². The van der Waals surface area contributed by atoms with Crippen LogP contribution in [-0.2, 0) is 4.79 Å². The molecule has 1 N–H and O–H groups in total. The lowest BCUT2D eigenvalue weighted by atomic mass is 10.2. The molecule has 0 heterocycles. The van der Waals surface area contributed by atoms with Gasteiger partial charge in [-0.05, 0) is 19.1 Å². The highest BCUT2D eigenvalue weighted by atomic mass is 19.1. The van der Waals surface area contributed by atoms with Gasteiger partial charge in [0.15, 0.2) is 0 Å². The number of nitrogens with zero attached hydrogens (tertiary/aromatic N) is 1. The molecule has 0 aromatic heterocycles. The molecule has 0 saturated carbocycles. The maximum Gasteiger partial charge on any atom is 0.305 e. The molecule has 0 saturated heterocycles. The predicted molar refractivity (Wildman–Crippen MR) is 60.2 cm³/mol. The van der Waals surface area contributed by atoms with Crippen LogP contribution in [0.15, 0.2) is 24.3 Å². The summed E-state index contributed by atoms with van der Waals surface area (Å²) in [6, 6.07) is 5.67. The second-order valence-electron chi connectivity index (χ2n) is 3.51. The molecule has 1 rings (SSSR count). The van der Waals surface area contributed by atoms with Crippen molar-refractivity contribution < 1.29 is 19.1 Å². The monoisotopic (exact) mass is 239 g/mol. The van der Waals surface area contributed by atoms with Crippen molar-refractivity contribution in [3.8, 4) is 0 Å². The lowest BCUT2D eigenvalue weighted by molar-refractivity contribution is -0.137. The van der Waals surface area contributed by atoms with Crippen LogP contribution in [0, 0.1) is 5.82 Å². The second-order valence-corrected chi connectivity index (χ2v) is 3.51. The molecule has 5 heteroatoms. The van der Waals surface area contributed by atoms with E-state index in [0.29, 0.717) is 6.54 Å². The van der Waals surface area contributed by atoms with Crippen molar-refractivity contribution in [2.45, 2.75) is 13.3 Å². The number of hydrogen-bond acceptors (Lipinski definition) is 2. The lowest BCUT2D eigenvalue weighted by Crippen LogP contribution is -2.33. The van der Waals surface area contributed by atoms with Crippen molar-refractivity contribution in [2.24, 2.45) is 0 Å². The van der Waals surface area contributed by atoms with Crippen molar-refractivity contribution in [1.82, 2.24) is 4.90 Å². The van der Waals surface area contributed by atoms with Crippen LogP contribution in [0.25, 0.3) is 0 Å². The summed E-state index contributed by atoms with van der Waals surface area (Å²) in [6.45, 7) is 2.15. The van der Waals surface area contributed by atoms with E-state index in [9.17, 15) is 14.0 Å². The van der Waals surface area contributed by atoms with Gasteiger partial charge in [0.25, 0.3) is 5.91 Å². The van der Waals surface area contributed by atoms with Crippen molar-refractivity contribution in [2.75, 3.05) is 13.1 Å². The summed E-state index contributed by atoms with van der Waals surface area (Å²) in [6.07, 6.45) is -0.145. The Labute approximate surface area is 98.7 Å². The summed E-state index contributed by atoms with van der Waals surface area (Å²) >= 11 is 0. The van der Waals surface area contributed by atoms with Gasteiger partial charge in [-0.25, -0.2) is 4.39 Å². The van der Waals surface area contributed by atoms with E-state index in [2.05, 4.69) is 0 Å². The van der Waals surface area contributed by atoms with Gasteiger partial charge in [-0.3, -0.25) is 9.59 Å². The average molecular weight is 239 g/mol. The molecule has 0 radical (unpaired) electrons. The maximum atomic E-state index is 13.4. The summed E-state index contributed by atoms with van der Waals surface area (Å²) in [5, 5.41) is 8.55. The summed E-state index contributed by atoms with van der Waals surface area (Å²) in [7, 11) is 0. The smallest absolute Gasteiger partial charge is 0.305 e. The molecule has 0 aliphatic heterocycles. The van der Waals surface area contributed by atoms with Gasteiger partial charge in [-0.2, -0.15) is 0 Å². The molecule has 0 aliphatic carbocycles. The first kappa shape index (κ1) is 13.2. The van der Waals surface area contributed by atoms with Crippen LogP contribution >= 0.6 is 0 Å². The fraction of sp³-hybridized carbons (Fsp3) is 0.333. The summed E-state index contributed by atoms with van der Waals surface area (Å²) in [5.41, 5.74) is -0.0280. The highest BCUT2D eigenvalue weighted by Crippen LogP contribution is 2.10. The second kappa shape index (κ2) is 5.98. The molecular formula is C12H14FNO3. The third-order valence-corrected chi connectivity index (χ3v) is 2.37. The molecule has 0 spiro atoms. The lowest BCUT2D eigenvalue weighted by Gasteiger charge is -2.20. The number of carbonyl (C=O) groups excluding carboxylic acids is 1. The topological polar surface area (TPSA) is 57.6 Å². The Morgan fingerprint density at radius 1 is 1.35 bits per heavy atom. The normalized spacial score (nSPS) is 10.0. The first-order valence-corrected chi connectivity index (χ1v) is 5.31. The molecule has 92 valence electrons. The molecule has 0 bridgehead atoms. The standard InChI is InChI=1S/C12H14FNO3/c1-2-14(8-7-11(15)16)12(17)9-5-3-4-6-10(9)13/h3-6H,2,7-8H2,1H3,(H,15,16). The number of amides is 1. The minimum Gasteiger partial charge on any atom is -0.481 e. The Balaban J connectivity index is 2.79. The van der Waals surface area contributed by atoms with E-state index in [4.69, 9.17) is 5.11 Å². The molecule has 4 nitrogen and oxygen atoms in total. The third-order valence-electron chi connectivity index (χ3n) is 2.37. The van der Waals surface area contributed by atoms with Crippen molar-refractivity contribution >= 4 is 11.9 Å². The van der Waals surface area contributed by atoms with Gasteiger partial charge in [0.05, 0.1) is 12.0 Å². The quantitative estimate of drug-likeness (QED) is 0.851. The number of rotatable bonds is 5. The molecule has 1 amide bonds. The molecule has 0 unspecified atom stereocenters. The zero-order valence-corrected chi connectivity index (χ0v) is 9.52. The van der Waals surface area contributed by atoms with E-state index in [1.54, 1.807) is 13.0 Å². The van der Waals surface area contributed by atoms with Crippen LogP contribution in [0.1, 0.15) is 23.7 Å². The Kier molecular flexibility index (Phi) is 4.63. The maximum absolute atomic E-state index is 13.4. The van der Waals surface area contributed by atoms with Gasteiger partial charge < -0.3 is 10.0 Å². The first-order valence-electron chi connectivity index (χ1n) is 5.31. The van der Waals surface area contributed by atoms with Crippen LogP contribution in [0.5, 0.6) is 0 Å². The van der Waals surface area contributed by atoms with Crippen molar-refractivity contribution in [3.05, 3.63) is 35.6 Å². The van der Waals surface area contributed by atoms with E-state index in [-0.39, 0.29) is 18.5 Å². The highest BCUT2D eigenvalue weighted by molar-refractivity contribution is 5.94. The summed E-state index contributed by atoms with van der Waals surface area (Å²) < 4.78 is 13.4. The van der Waals surface area contributed by atoms with E-state index in [1.165, 1.54) is 23.1 Å². The largest absolute Gasteiger partial charge is 0.481 e. The third kappa shape index (κ3) is 3.55. The van der Waals surface area contributed by atoms with Crippen LogP contribution in [-0.4, -0.2) is 35.0 Å². The minimum atomic E-state index is -0.982. The average Bonchev–Trinajstić information content (AvgIpc) is 2.29. The summed E-state index contributed by atoms with van der Waals surface area (Å²) in [5.74, 6) is -2.05. The Morgan fingerprint density at radius 3 is 2.53 bits per heavy atom. The molecule has 1 aromatic rings. The predicted octanol–water partition coefficient (Wildman–Crippen LogP) is 1.76. The zero-order valence-electron chi connectivity index (χ0n) is 9.52. The molecule has 0 atom stereocenters. The van der Waals surface area contributed by atoms with E-state index < -0.39 is 17.7 Å². The molecule has 1 aromatic carbocycles. The number of benzene rings is 1. The number of carboxylic acid groups (broad SMARTS) is 1. The fourth-order valence-electron chi connectivity index (χ4n) is 1.44. The van der Waals surface area contributed by atoms with Crippen LogP contribution in [0.3, 0.4) is 0 Å². The first-order chi connectivity index (χ1) is 8.06. The highest BCUT2D eigenvalue weighted by Gasteiger charge is 2.17. The van der Waals surface area contributed by atoms with Gasteiger partial charge >= 0.3 is 5.97 Å². The summed E-state index contributed by atoms with van der Waals surface area (Å²) in [4.78, 5) is 23.6. The Bertz CT molecular complexity index is 420. The van der Waals surface area contributed by atoms with Crippen LogP contribution < -0.4 is 0 Å². The van der Waals surface area contributed by atoms with Crippen molar-refractivity contribution in [1.29, 1.82) is 0 Å². The van der Waals surface area contributed by atoms with E-state index in [0.717, 1.165) is 0 Å².